The number of aromatic nitrogens is 3. The van der Waals surface area contributed by atoms with Crippen LogP contribution in [0.15, 0.2) is 0 Å². The zero-order valence-corrected chi connectivity index (χ0v) is 11.2. The maximum atomic E-state index is 12.1. The number of carbonyl (C=O) groups is 1. The quantitative estimate of drug-likeness (QED) is 0.857. The molecule has 1 saturated carbocycles. The number of nitrogens with zero attached hydrogens (tertiary/aromatic N) is 2. The SMILES string of the molecule is CC(NC(=O)c1n[nH]c(C2CC2)n1)C1CCOCC1. The summed E-state index contributed by atoms with van der Waals surface area (Å²) in [5.74, 6) is 1.91. The van der Waals surface area contributed by atoms with Crippen molar-refractivity contribution in [3.8, 4) is 0 Å². The Morgan fingerprint density at radius 1 is 1.37 bits per heavy atom. The Kier molecular flexibility index (Phi) is 3.50. The topological polar surface area (TPSA) is 79.9 Å². The largest absolute Gasteiger partial charge is 0.381 e. The highest BCUT2D eigenvalue weighted by molar-refractivity contribution is 5.90. The molecule has 0 spiro atoms. The first-order valence-corrected chi connectivity index (χ1v) is 7.05. The fourth-order valence-corrected chi connectivity index (χ4v) is 2.52. The second kappa shape index (κ2) is 5.28. The van der Waals surface area contributed by atoms with Gasteiger partial charge in [0, 0.05) is 25.2 Å². The predicted molar refractivity (Wildman–Crippen MR) is 68.8 cm³/mol. The summed E-state index contributed by atoms with van der Waals surface area (Å²) < 4.78 is 5.33. The summed E-state index contributed by atoms with van der Waals surface area (Å²) in [5, 5.41) is 9.86. The molecular formula is C13H20N4O2. The molecule has 2 fully saturated rings. The number of H-pyrrole nitrogens is 1. The molecule has 1 unspecified atom stereocenters. The molecule has 2 N–H and O–H groups in total. The summed E-state index contributed by atoms with van der Waals surface area (Å²) in [7, 11) is 0. The Morgan fingerprint density at radius 3 is 2.79 bits per heavy atom. The maximum absolute atomic E-state index is 12.1. The molecule has 2 aliphatic rings. The van der Waals surface area contributed by atoms with Gasteiger partial charge < -0.3 is 10.1 Å². The van der Waals surface area contributed by atoms with Crippen LogP contribution in [0.25, 0.3) is 0 Å². The lowest BCUT2D eigenvalue weighted by Crippen LogP contribution is -2.40. The Morgan fingerprint density at radius 2 is 2.11 bits per heavy atom. The van der Waals surface area contributed by atoms with Gasteiger partial charge in [-0.25, -0.2) is 4.98 Å². The highest BCUT2D eigenvalue weighted by Crippen LogP contribution is 2.37. The van der Waals surface area contributed by atoms with E-state index in [4.69, 9.17) is 4.74 Å². The molecule has 6 heteroatoms. The van der Waals surface area contributed by atoms with Crippen molar-refractivity contribution in [2.45, 2.75) is 44.6 Å². The second-order valence-electron chi connectivity index (χ2n) is 5.53. The number of aromatic amines is 1. The van der Waals surface area contributed by atoms with E-state index in [1.165, 1.54) is 0 Å². The van der Waals surface area contributed by atoms with Crippen LogP contribution in [-0.2, 0) is 4.74 Å². The normalized spacial score (nSPS) is 22.2. The van der Waals surface area contributed by atoms with Crippen molar-refractivity contribution >= 4 is 5.91 Å². The minimum absolute atomic E-state index is 0.138. The van der Waals surface area contributed by atoms with Crippen molar-refractivity contribution < 1.29 is 9.53 Å². The molecule has 3 rings (SSSR count). The van der Waals surface area contributed by atoms with Gasteiger partial charge in [-0.3, -0.25) is 9.89 Å². The molecule has 1 saturated heterocycles. The van der Waals surface area contributed by atoms with Crippen LogP contribution in [0.3, 0.4) is 0 Å². The van der Waals surface area contributed by atoms with Gasteiger partial charge in [0.1, 0.15) is 5.82 Å². The zero-order valence-electron chi connectivity index (χ0n) is 11.2. The third-order valence-electron chi connectivity index (χ3n) is 4.00. The van der Waals surface area contributed by atoms with Gasteiger partial charge in [0.15, 0.2) is 0 Å². The van der Waals surface area contributed by atoms with Crippen LogP contribution in [-0.4, -0.2) is 40.3 Å². The lowest BCUT2D eigenvalue weighted by molar-refractivity contribution is 0.0537. The van der Waals surface area contributed by atoms with Gasteiger partial charge >= 0.3 is 0 Å². The van der Waals surface area contributed by atoms with E-state index in [2.05, 4.69) is 20.5 Å². The lowest BCUT2D eigenvalue weighted by Gasteiger charge is -2.27. The van der Waals surface area contributed by atoms with E-state index in [1.54, 1.807) is 0 Å². The van der Waals surface area contributed by atoms with Crippen LogP contribution >= 0.6 is 0 Å². The predicted octanol–water partition coefficient (Wildman–Crippen LogP) is 1.23. The van der Waals surface area contributed by atoms with Gasteiger partial charge in [0.2, 0.25) is 5.82 Å². The van der Waals surface area contributed by atoms with Crippen molar-refractivity contribution in [3.63, 3.8) is 0 Å². The van der Waals surface area contributed by atoms with E-state index in [9.17, 15) is 4.79 Å². The minimum Gasteiger partial charge on any atom is -0.381 e. The average molecular weight is 264 g/mol. The third-order valence-corrected chi connectivity index (χ3v) is 4.00. The number of rotatable bonds is 4. The number of amides is 1. The van der Waals surface area contributed by atoms with Crippen molar-refractivity contribution in [1.29, 1.82) is 0 Å². The highest BCUT2D eigenvalue weighted by atomic mass is 16.5. The summed E-state index contributed by atoms with van der Waals surface area (Å²) in [6.45, 7) is 3.62. The first-order valence-electron chi connectivity index (χ1n) is 7.05. The Hall–Kier alpha value is -1.43. The molecule has 0 bridgehead atoms. The van der Waals surface area contributed by atoms with E-state index in [1.807, 2.05) is 6.92 Å². The van der Waals surface area contributed by atoms with Gasteiger partial charge in [-0.2, -0.15) is 0 Å². The molecule has 1 atom stereocenters. The summed E-state index contributed by atoms with van der Waals surface area (Å²) in [6.07, 6.45) is 4.30. The van der Waals surface area contributed by atoms with E-state index < -0.39 is 0 Å². The molecular weight excluding hydrogens is 244 g/mol. The van der Waals surface area contributed by atoms with E-state index in [0.717, 1.165) is 44.7 Å². The first kappa shape index (κ1) is 12.6. The Bertz CT molecular complexity index is 449. The maximum Gasteiger partial charge on any atom is 0.291 e. The van der Waals surface area contributed by atoms with Gasteiger partial charge in [-0.05, 0) is 38.5 Å². The van der Waals surface area contributed by atoms with Crippen LogP contribution in [0.1, 0.15) is 55.0 Å². The van der Waals surface area contributed by atoms with E-state index in [-0.39, 0.29) is 17.8 Å². The molecule has 6 nitrogen and oxygen atoms in total. The highest BCUT2D eigenvalue weighted by Gasteiger charge is 2.29. The Balaban J connectivity index is 1.56. The Labute approximate surface area is 112 Å². The second-order valence-corrected chi connectivity index (χ2v) is 5.53. The standard InChI is InChI=1S/C13H20N4O2/c1-8(9-4-6-19-7-5-9)14-13(18)12-15-11(16-17-12)10-2-3-10/h8-10H,2-7H2,1H3,(H,14,18)(H,15,16,17). The minimum atomic E-state index is -0.179. The van der Waals surface area contributed by atoms with Gasteiger partial charge in [-0.15, -0.1) is 5.10 Å². The number of ether oxygens (including phenoxy) is 1. The number of carbonyl (C=O) groups excluding carboxylic acids is 1. The van der Waals surface area contributed by atoms with Crippen molar-refractivity contribution in [1.82, 2.24) is 20.5 Å². The molecule has 2 heterocycles. The van der Waals surface area contributed by atoms with Crippen molar-refractivity contribution in [2.24, 2.45) is 5.92 Å². The molecule has 104 valence electrons. The zero-order chi connectivity index (χ0) is 13.2. The van der Waals surface area contributed by atoms with Crippen LogP contribution < -0.4 is 5.32 Å². The fraction of sp³-hybridized carbons (Fsp3) is 0.769. The monoisotopic (exact) mass is 264 g/mol. The number of hydrogen-bond donors (Lipinski definition) is 2. The van der Waals surface area contributed by atoms with Crippen molar-refractivity contribution in [3.05, 3.63) is 11.6 Å². The summed E-state index contributed by atoms with van der Waals surface area (Å²) in [5.41, 5.74) is 0. The number of nitrogens with one attached hydrogen (secondary N) is 2. The lowest BCUT2D eigenvalue weighted by atomic mass is 9.93. The molecule has 1 aromatic heterocycles. The van der Waals surface area contributed by atoms with Crippen LogP contribution in [0.5, 0.6) is 0 Å². The molecule has 0 aromatic carbocycles. The molecule has 19 heavy (non-hydrogen) atoms. The van der Waals surface area contributed by atoms with Gasteiger partial charge in [-0.1, -0.05) is 0 Å². The summed E-state index contributed by atoms with van der Waals surface area (Å²) >= 11 is 0. The fourth-order valence-electron chi connectivity index (χ4n) is 2.52. The van der Waals surface area contributed by atoms with Gasteiger partial charge in [0.25, 0.3) is 5.91 Å². The summed E-state index contributed by atoms with van der Waals surface area (Å²) in [4.78, 5) is 16.3. The van der Waals surface area contributed by atoms with Crippen LogP contribution in [0.2, 0.25) is 0 Å². The molecule has 1 aliphatic heterocycles. The third kappa shape index (κ3) is 2.94. The van der Waals surface area contributed by atoms with Gasteiger partial charge in [0.05, 0.1) is 0 Å². The molecule has 0 radical (unpaired) electrons. The van der Waals surface area contributed by atoms with Crippen LogP contribution in [0, 0.1) is 5.92 Å². The molecule has 1 aromatic rings. The first-order chi connectivity index (χ1) is 9.24. The van der Waals surface area contributed by atoms with Crippen LogP contribution in [0.4, 0.5) is 0 Å². The number of hydrogen-bond acceptors (Lipinski definition) is 4. The van der Waals surface area contributed by atoms with E-state index >= 15 is 0 Å². The van der Waals surface area contributed by atoms with Crippen molar-refractivity contribution in [2.75, 3.05) is 13.2 Å². The molecule has 1 aliphatic carbocycles. The average Bonchev–Trinajstić information content (AvgIpc) is 3.17. The molecule has 1 amide bonds. The summed E-state index contributed by atoms with van der Waals surface area (Å²) in [6, 6.07) is 0.138. The van der Waals surface area contributed by atoms with E-state index in [0.29, 0.717) is 11.8 Å². The smallest absolute Gasteiger partial charge is 0.291 e.